The van der Waals surface area contributed by atoms with Gasteiger partial charge >= 0.3 is 0 Å². The second-order valence-corrected chi connectivity index (χ2v) is 5.57. The van der Waals surface area contributed by atoms with E-state index in [1.165, 1.54) is 51.7 Å². The lowest BCUT2D eigenvalue weighted by Gasteiger charge is -2.40. The molecule has 1 aliphatic heterocycles. The molecule has 16 heavy (non-hydrogen) atoms. The van der Waals surface area contributed by atoms with E-state index in [9.17, 15) is 0 Å². The topological polar surface area (TPSA) is 12.5 Å². The van der Waals surface area contributed by atoms with Crippen molar-refractivity contribution in [2.75, 3.05) is 26.2 Å². The number of piperidine rings is 1. The van der Waals surface area contributed by atoms with Gasteiger partial charge in [0, 0.05) is 13.2 Å². The Balaban J connectivity index is 1.58. The minimum atomic E-state index is 0.586. The number of hydrogen-bond donors (Lipinski definition) is 0. The molecule has 0 radical (unpaired) electrons. The van der Waals surface area contributed by atoms with Gasteiger partial charge in [-0.3, -0.25) is 0 Å². The molecule has 1 saturated carbocycles. The van der Waals surface area contributed by atoms with E-state index >= 15 is 0 Å². The van der Waals surface area contributed by atoms with E-state index in [0.717, 1.165) is 18.4 Å². The molecular formula is C14H27NO. The third-order valence-electron chi connectivity index (χ3n) is 4.40. The quantitative estimate of drug-likeness (QED) is 0.713. The predicted octanol–water partition coefficient (Wildman–Crippen LogP) is 2.92. The largest absolute Gasteiger partial charge is 0.378 e. The van der Waals surface area contributed by atoms with Crippen molar-refractivity contribution < 1.29 is 4.74 Å². The maximum atomic E-state index is 5.61. The van der Waals surface area contributed by atoms with Gasteiger partial charge in [0.05, 0.1) is 6.10 Å². The van der Waals surface area contributed by atoms with E-state index < -0.39 is 0 Å². The first-order valence-electron chi connectivity index (χ1n) is 7.15. The van der Waals surface area contributed by atoms with Gasteiger partial charge in [-0.15, -0.1) is 0 Å². The second kappa shape index (κ2) is 6.02. The number of ether oxygens (including phenoxy) is 1. The molecule has 0 aromatic rings. The highest BCUT2D eigenvalue weighted by Gasteiger charge is 2.31. The van der Waals surface area contributed by atoms with E-state index in [1.54, 1.807) is 0 Å². The highest BCUT2D eigenvalue weighted by Crippen LogP contribution is 2.32. The molecule has 0 amide bonds. The van der Waals surface area contributed by atoms with Crippen LogP contribution in [0.3, 0.4) is 0 Å². The van der Waals surface area contributed by atoms with Crippen molar-refractivity contribution >= 4 is 0 Å². The van der Waals surface area contributed by atoms with Crippen molar-refractivity contribution in [3.05, 3.63) is 0 Å². The molecule has 2 nitrogen and oxygen atoms in total. The van der Waals surface area contributed by atoms with Crippen LogP contribution < -0.4 is 0 Å². The number of likely N-dealkylation sites (tertiary alicyclic amines) is 1. The minimum Gasteiger partial charge on any atom is -0.378 e. The molecule has 0 aromatic heterocycles. The highest BCUT2D eigenvalue weighted by atomic mass is 16.5. The lowest BCUT2D eigenvalue weighted by Crippen LogP contribution is -2.42. The zero-order chi connectivity index (χ0) is 11.4. The Labute approximate surface area is 100 Å². The Hall–Kier alpha value is -0.0800. The van der Waals surface area contributed by atoms with Gasteiger partial charge in [-0.25, -0.2) is 0 Å². The van der Waals surface area contributed by atoms with Gasteiger partial charge in [-0.05, 0) is 57.5 Å². The average molecular weight is 225 g/mol. The fraction of sp³-hybridized carbons (Fsp3) is 1.00. The van der Waals surface area contributed by atoms with Crippen molar-refractivity contribution in [1.82, 2.24) is 4.90 Å². The van der Waals surface area contributed by atoms with Crippen LogP contribution in [0.2, 0.25) is 0 Å². The molecular weight excluding hydrogens is 198 g/mol. The number of hydrogen-bond acceptors (Lipinski definition) is 2. The van der Waals surface area contributed by atoms with Crippen LogP contribution in [0.25, 0.3) is 0 Å². The van der Waals surface area contributed by atoms with Crippen LogP contribution in [0.1, 0.15) is 46.0 Å². The van der Waals surface area contributed by atoms with E-state index in [1.807, 2.05) is 0 Å². The normalized spacial score (nSPS) is 32.6. The zero-order valence-electron chi connectivity index (χ0n) is 11.0. The molecule has 0 atom stereocenters. The summed E-state index contributed by atoms with van der Waals surface area (Å²) in [5.41, 5.74) is 0. The Morgan fingerprint density at radius 1 is 1.06 bits per heavy atom. The Bertz CT molecular complexity index is 193. The van der Waals surface area contributed by atoms with Gasteiger partial charge < -0.3 is 9.64 Å². The molecule has 2 aliphatic rings. The van der Waals surface area contributed by atoms with Crippen molar-refractivity contribution in [2.45, 2.75) is 52.1 Å². The van der Waals surface area contributed by atoms with Crippen LogP contribution in [0, 0.1) is 11.8 Å². The van der Waals surface area contributed by atoms with E-state index in [0.29, 0.717) is 6.10 Å². The van der Waals surface area contributed by atoms with Crippen molar-refractivity contribution in [2.24, 2.45) is 11.8 Å². The Kier molecular flexibility index (Phi) is 4.66. The summed E-state index contributed by atoms with van der Waals surface area (Å²) in [6.45, 7) is 9.34. The molecule has 0 aromatic carbocycles. The third-order valence-corrected chi connectivity index (χ3v) is 4.40. The van der Waals surface area contributed by atoms with E-state index in [2.05, 4.69) is 18.7 Å². The van der Waals surface area contributed by atoms with Crippen LogP contribution in [0.5, 0.6) is 0 Å². The first kappa shape index (κ1) is 12.4. The van der Waals surface area contributed by atoms with Gasteiger partial charge in [0.1, 0.15) is 0 Å². The molecule has 0 unspecified atom stereocenters. The molecule has 1 heterocycles. The Morgan fingerprint density at radius 3 is 2.31 bits per heavy atom. The molecule has 94 valence electrons. The average Bonchev–Trinajstić information content (AvgIpc) is 2.27. The van der Waals surface area contributed by atoms with Crippen molar-refractivity contribution in [3.8, 4) is 0 Å². The molecule has 0 N–H and O–H groups in total. The monoisotopic (exact) mass is 225 g/mol. The van der Waals surface area contributed by atoms with Crippen molar-refractivity contribution in [1.29, 1.82) is 0 Å². The Morgan fingerprint density at radius 2 is 1.75 bits per heavy atom. The number of rotatable bonds is 5. The minimum absolute atomic E-state index is 0.586. The summed E-state index contributed by atoms with van der Waals surface area (Å²) in [5.74, 6) is 1.93. The second-order valence-electron chi connectivity index (χ2n) is 5.57. The van der Waals surface area contributed by atoms with Gasteiger partial charge in [-0.2, -0.15) is 0 Å². The van der Waals surface area contributed by atoms with Gasteiger partial charge in [0.15, 0.2) is 0 Å². The summed E-state index contributed by atoms with van der Waals surface area (Å²) in [6, 6.07) is 0. The summed E-state index contributed by atoms with van der Waals surface area (Å²) in [4.78, 5) is 2.68. The van der Waals surface area contributed by atoms with Gasteiger partial charge in [-0.1, -0.05) is 13.3 Å². The maximum Gasteiger partial charge on any atom is 0.0581 e. The molecule has 2 rings (SSSR count). The first-order chi connectivity index (χ1) is 7.81. The highest BCUT2D eigenvalue weighted by molar-refractivity contribution is 4.84. The third kappa shape index (κ3) is 3.21. The lowest BCUT2D eigenvalue weighted by atomic mass is 9.81. The maximum absolute atomic E-state index is 5.61. The van der Waals surface area contributed by atoms with Crippen LogP contribution in [-0.2, 0) is 4.74 Å². The van der Waals surface area contributed by atoms with E-state index in [4.69, 9.17) is 4.74 Å². The van der Waals surface area contributed by atoms with E-state index in [-0.39, 0.29) is 0 Å². The van der Waals surface area contributed by atoms with Gasteiger partial charge in [0.25, 0.3) is 0 Å². The molecule has 0 bridgehead atoms. The van der Waals surface area contributed by atoms with Crippen LogP contribution in [0.15, 0.2) is 0 Å². The zero-order valence-corrected chi connectivity index (χ0v) is 11.0. The summed E-state index contributed by atoms with van der Waals surface area (Å²) in [5, 5.41) is 0. The standard InChI is InChI=1S/C14H27NO/c1-3-12-5-7-15(8-6-12)11-13-9-14(10-13)16-4-2/h12-14H,3-11H2,1-2H3. The summed E-state index contributed by atoms with van der Waals surface area (Å²) < 4.78 is 5.61. The molecule has 0 spiro atoms. The van der Waals surface area contributed by atoms with Crippen molar-refractivity contribution in [3.63, 3.8) is 0 Å². The summed E-state index contributed by atoms with van der Waals surface area (Å²) >= 11 is 0. The fourth-order valence-corrected chi connectivity index (χ4v) is 3.14. The molecule has 2 fully saturated rings. The van der Waals surface area contributed by atoms with Crippen LogP contribution >= 0.6 is 0 Å². The molecule has 1 saturated heterocycles. The van der Waals surface area contributed by atoms with Crippen LogP contribution in [0.4, 0.5) is 0 Å². The lowest BCUT2D eigenvalue weighted by molar-refractivity contribution is -0.0358. The fourth-order valence-electron chi connectivity index (χ4n) is 3.14. The smallest absolute Gasteiger partial charge is 0.0581 e. The molecule has 1 aliphatic carbocycles. The molecule has 2 heteroatoms. The predicted molar refractivity (Wildman–Crippen MR) is 67.6 cm³/mol. The SMILES string of the molecule is CCOC1CC(CN2CCC(CC)CC2)C1. The summed E-state index contributed by atoms with van der Waals surface area (Å²) in [7, 11) is 0. The van der Waals surface area contributed by atoms with Crippen LogP contribution in [-0.4, -0.2) is 37.2 Å². The number of nitrogens with zero attached hydrogens (tertiary/aromatic N) is 1. The summed E-state index contributed by atoms with van der Waals surface area (Å²) in [6.07, 6.45) is 7.44. The van der Waals surface area contributed by atoms with Gasteiger partial charge in [0.2, 0.25) is 0 Å². The first-order valence-corrected chi connectivity index (χ1v) is 7.15.